The predicted octanol–water partition coefficient (Wildman–Crippen LogP) is 3.93. The van der Waals surface area contributed by atoms with Gasteiger partial charge in [0.05, 0.1) is 4.90 Å². The van der Waals surface area contributed by atoms with Gasteiger partial charge in [-0.3, -0.25) is 0 Å². The van der Waals surface area contributed by atoms with Crippen molar-refractivity contribution in [2.24, 2.45) is 0 Å². The molecule has 1 aromatic heterocycles. The highest BCUT2D eigenvalue weighted by atomic mass is 35.5. The van der Waals surface area contributed by atoms with Gasteiger partial charge >= 0.3 is 0 Å². The van der Waals surface area contributed by atoms with E-state index in [1.807, 2.05) is 6.07 Å². The van der Waals surface area contributed by atoms with Crippen LogP contribution in [0.15, 0.2) is 63.1 Å². The van der Waals surface area contributed by atoms with Crippen molar-refractivity contribution in [2.45, 2.75) is 15.9 Å². The van der Waals surface area contributed by atoms with Crippen molar-refractivity contribution in [3.05, 3.63) is 59.1 Å². The maximum Gasteiger partial charge on any atom is 0.277 e. The number of benzene rings is 2. The van der Waals surface area contributed by atoms with E-state index in [0.717, 1.165) is 11.1 Å². The van der Waals surface area contributed by atoms with Crippen molar-refractivity contribution in [3.63, 3.8) is 0 Å². The molecule has 26 heavy (non-hydrogen) atoms. The van der Waals surface area contributed by atoms with Gasteiger partial charge in [-0.15, -0.1) is 10.2 Å². The molecule has 3 rings (SSSR count). The summed E-state index contributed by atoms with van der Waals surface area (Å²) >= 11 is 7.21. The fourth-order valence-electron chi connectivity index (χ4n) is 2.13. The molecule has 0 N–H and O–H groups in total. The topological polar surface area (TPSA) is 76.3 Å². The normalized spacial score (nSPS) is 11.8. The van der Waals surface area contributed by atoms with E-state index in [1.54, 1.807) is 42.5 Å². The predicted molar refractivity (Wildman–Crippen MR) is 102 cm³/mol. The fourth-order valence-corrected chi connectivity index (χ4v) is 3.93. The van der Waals surface area contributed by atoms with E-state index < -0.39 is 10.0 Å². The molecule has 1 heterocycles. The monoisotopic (exact) mass is 409 g/mol. The van der Waals surface area contributed by atoms with E-state index in [1.165, 1.54) is 30.2 Å². The summed E-state index contributed by atoms with van der Waals surface area (Å²) in [5.74, 6) is 0.923. The lowest BCUT2D eigenvalue weighted by Gasteiger charge is -2.11. The molecular formula is C17H16ClN3O3S2. The largest absolute Gasteiger partial charge is 0.411 e. The smallest absolute Gasteiger partial charge is 0.277 e. The third-order valence-electron chi connectivity index (χ3n) is 3.54. The molecule has 6 nitrogen and oxygen atoms in total. The molecule has 3 aromatic rings. The highest BCUT2D eigenvalue weighted by molar-refractivity contribution is 7.98. The second-order valence-electron chi connectivity index (χ2n) is 5.60. The highest BCUT2D eigenvalue weighted by Gasteiger charge is 2.17. The van der Waals surface area contributed by atoms with Gasteiger partial charge in [0.2, 0.25) is 15.9 Å². The van der Waals surface area contributed by atoms with Crippen molar-refractivity contribution in [1.82, 2.24) is 14.5 Å². The average molecular weight is 410 g/mol. The van der Waals surface area contributed by atoms with Crippen LogP contribution in [0.1, 0.15) is 5.56 Å². The van der Waals surface area contributed by atoms with Crippen LogP contribution in [0.3, 0.4) is 0 Å². The Morgan fingerprint density at radius 3 is 2.54 bits per heavy atom. The summed E-state index contributed by atoms with van der Waals surface area (Å²) in [6, 6.07) is 13.9. The fraction of sp³-hybridized carbons (Fsp3) is 0.176. The van der Waals surface area contributed by atoms with Gasteiger partial charge in [-0.2, -0.15) is 0 Å². The van der Waals surface area contributed by atoms with Crippen LogP contribution in [0.2, 0.25) is 5.02 Å². The summed E-state index contributed by atoms with van der Waals surface area (Å²) in [4.78, 5) is 0.257. The summed E-state index contributed by atoms with van der Waals surface area (Å²) < 4.78 is 31.3. The minimum Gasteiger partial charge on any atom is -0.411 e. The van der Waals surface area contributed by atoms with E-state index in [2.05, 4.69) is 10.2 Å². The molecule has 0 atom stereocenters. The molecule has 0 aliphatic heterocycles. The molecule has 0 saturated carbocycles. The first kappa shape index (κ1) is 18.9. The molecule has 0 amide bonds. The average Bonchev–Trinajstić information content (AvgIpc) is 3.10. The van der Waals surface area contributed by atoms with Crippen molar-refractivity contribution in [2.75, 3.05) is 14.1 Å². The first-order chi connectivity index (χ1) is 12.4. The van der Waals surface area contributed by atoms with Crippen LogP contribution in [0.4, 0.5) is 0 Å². The minimum absolute atomic E-state index is 0.257. The number of thioether (sulfide) groups is 1. The van der Waals surface area contributed by atoms with Gasteiger partial charge in [0.25, 0.3) is 5.22 Å². The molecular weight excluding hydrogens is 394 g/mol. The summed E-state index contributed by atoms with van der Waals surface area (Å²) in [5, 5.41) is 9.09. The van der Waals surface area contributed by atoms with Crippen LogP contribution in [-0.4, -0.2) is 37.0 Å². The molecule has 0 spiro atoms. The van der Waals surface area contributed by atoms with Gasteiger partial charge < -0.3 is 4.42 Å². The molecule has 0 radical (unpaired) electrons. The Morgan fingerprint density at radius 2 is 1.85 bits per heavy atom. The van der Waals surface area contributed by atoms with Crippen LogP contribution in [0.25, 0.3) is 11.5 Å². The number of hydrogen-bond donors (Lipinski definition) is 0. The molecule has 136 valence electrons. The SMILES string of the molecule is CN(C)S(=O)(=O)c1cccc(CSc2nnc(-c3ccc(Cl)cc3)o2)c1. The molecule has 0 aliphatic carbocycles. The number of halogens is 1. The number of rotatable bonds is 6. The van der Waals surface area contributed by atoms with Gasteiger partial charge in [-0.05, 0) is 42.0 Å². The quantitative estimate of drug-likeness (QED) is 0.574. The molecule has 0 fully saturated rings. The van der Waals surface area contributed by atoms with E-state index >= 15 is 0 Å². The molecule has 0 unspecified atom stereocenters. The van der Waals surface area contributed by atoms with Crippen LogP contribution in [-0.2, 0) is 15.8 Å². The lowest BCUT2D eigenvalue weighted by molar-refractivity contribution is 0.466. The van der Waals surface area contributed by atoms with Crippen LogP contribution < -0.4 is 0 Å². The van der Waals surface area contributed by atoms with Gasteiger partial charge in [0.1, 0.15) is 0 Å². The maximum atomic E-state index is 12.2. The zero-order chi connectivity index (χ0) is 18.7. The third-order valence-corrected chi connectivity index (χ3v) is 6.49. The van der Waals surface area contributed by atoms with E-state index in [9.17, 15) is 8.42 Å². The number of nitrogens with zero attached hydrogens (tertiary/aromatic N) is 3. The van der Waals surface area contributed by atoms with Crippen molar-refractivity contribution >= 4 is 33.4 Å². The standard InChI is InChI=1S/C17H16ClN3O3S2/c1-21(2)26(22,23)15-5-3-4-12(10-15)11-25-17-20-19-16(24-17)13-6-8-14(18)9-7-13/h3-10H,11H2,1-2H3. The summed E-state index contributed by atoms with van der Waals surface area (Å²) in [7, 11) is -0.441. The van der Waals surface area contributed by atoms with Crippen LogP contribution >= 0.6 is 23.4 Å². The van der Waals surface area contributed by atoms with Crippen LogP contribution in [0, 0.1) is 0 Å². The number of aromatic nitrogens is 2. The van der Waals surface area contributed by atoms with E-state index in [0.29, 0.717) is 21.9 Å². The molecule has 0 bridgehead atoms. The third kappa shape index (κ3) is 4.27. The lowest BCUT2D eigenvalue weighted by atomic mass is 10.2. The Bertz CT molecular complexity index is 1000. The Morgan fingerprint density at radius 1 is 1.12 bits per heavy atom. The second-order valence-corrected chi connectivity index (χ2v) is 9.12. The Hall–Kier alpha value is -1.87. The van der Waals surface area contributed by atoms with Gasteiger partial charge in [-0.25, -0.2) is 12.7 Å². The van der Waals surface area contributed by atoms with Gasteiger partial charge in [0, 0.05) is 30.4 Å². The van der Waals surface area contributed by atoms with Gasteiger partial charge in [-0.1, -0.05) is 35.5 Å². The molecule has 0 saturated heterocycles. The summed E-state index contributed by atoms with van der Waals surface area (Å²) in [6.45, 7) is 0. The maximum absolute atomic E-state index is 12.2. The molecule has 2 aromatic carbocycles. The van der Waals surface area contributed by atoms with E-state index in [-0.39, 0.29) is 4.90 Å². The van der Waals surface area contributed by atoms with Crippen molar-refractivity contribution in [1.29, 1.82) is 0 Å². The van der Waals surface area contributed by atoms with Gasteiger partial charge in [0.15, 0.2) is 0 Å². The van der Waals surface area contributed by atoms with Crippen molar-refractivity contribution < 1.29 is 12.8 Å². The summed E-state index contributed by atoms with van der Waals surface area (Å²) in [5.41, 5.74) is 1.64. The van der Waals surface area contributed by atoms with Crippen LogP contribution in [0.5, 0.6) is 0 Å². The minimum atomic E-state index is -3.46. The Kier molecular flexibility index (Phi) is 5.67. The first-order valence-corrected chi connectivity index (χ1v) is 10.4. The first-order valence-electron chi connectivity index (χ1n) is 7.60. The van der Waals surface area contributed by atoms with E-state index in [4.69, 9.17) is 16.0 Å². The zero-order valence-corrected chi connectivity index (χ0v) is 16.5. The number of hydrogen-bond acceptors (Lipinski definition) is 6. The summed E-state index contributed by atoms with van der Waals surface area (Å²) in [6.07, 6.45) is 0. The second kappa shape index (κ2) is 7.79. The molecule has 0 aliphatic rings. The van der Waals surface area contributed by atoms with Crippen molar-refractivity contribution in [3.8, 4) is 11.5 Å². The number of sulfonamides is 1. The lowest BCUT2D eigenvalue weighted by Crippen LogP contribution is -2.22. The molecule has 9 heteroatoms. The Labute approximate surface area is 161 Å². The Balaban J connectivity index is 1.71. The highest BCUT2D eigenvalue weighted by Crippen LogP contribution is 2.27. The zero-order valence-electron chi connectivity index (χ0n) is 14.1.